The number of unbranched alkanes of at least 4 members (excludes halogenated alkanes) is 30. The Hall–Kier alpha value is -3.93. The third-order valence-electron chi connectivity index (χ3n) is 14.0. The van der Waals surface area contributed by atoms with Crippen LogP contribution in [0.25, 0.3) is 0 Å². The molecular weight excluding hydrogens is 961 g/mol. The Kier molecular flexibility index (Phi) is 62.3. The van der Waals surface area contributed by atoms with Crippen molar-refractivity contribution in [3.05, 3.63) is 109 Å². The van der Waals surface area contributed by atoms with Gasteiger partial charge < -0.3 is 14.2 Å². The molecule has 6 nitrogen and oxygen atoms in total. The maximum atomic E-state index is 12.9. The fraction of sp³-hybridized carbons (Fsp3) is 0.708. The first-order chi connectivity index (χ1) is 38.5. The van der Waals surface area contributed by atoms with Crippen molar-refractivity contribution in [1.29, 1.82) is 0 Å². The van der Waals surface area contributed by atoms with Crippen molar-refractivity contribution in [3.63, 3.8) is 0 Å². The summed E-state index contributed by atoms with van der Waals surface area (Å²) in [5.41, 5.74) is 0. The van der Waals surface area contributed by atoms with Gasteiger partial charge in [0.25, 0.3) is 0 Å². The lowest BCUT2D eigenvalue weighted by molar-refractivity contribution is -0.167. The second kappa shape index (κ2) is 65.6. The standard InChI is InChI=1S/C72H122O6/c1-4-7-10-13-16-19-22-25-28-30-32-33-34-35-36-37-38-39-40-42-44-47-50-53-56-59-62-65-71(74)77-68-69(67-76-70(73)64-61-58-55-52-49-46-43-27-24-21-18-15-12-9-6-3)78-72(75)66-63-60-57-54-51-48-45-41-31-29-26-23-20-17-14-11-8-5-2/h7,9-10,12,16,18-19,21,25,27-29,31-33,43,49,52,69H,4-6,8,11,13-15,17,20,22-24,26,30,34-42,44-48,50-51,53-68H2,1-3H3/b10-7-,12-9-,19-16-,21-18-,28-25-,31-29-,33-32-,43-27-,52-49-. The van der Waals surface area contributed by atoms with E-state index in [4.69, 9.17) is 14.2 Å². The Morgan fingerprint density at radius 1 is 0.269 bits per heavy atom. The fourth-order valence-corrected chi connectivity index (χ4v) is 9.13. The lowest BCUT2D eigenvalue weighted by Gasteiger charge is -2.18. The molecule has 0 spiro atoms. The lowest BCUT2D eigenvalue weighted by atomic mass is 10.0. The number of carbonyl (C=O) groups excluding carboxylic acids is 3. The minimum atomic E-state index is -0.800. The molecular formula is C72H122O6. The molecule has 0 N–H and O–H groups in total. The van der Waals surface area contributed by atoms with Gasteiger partial charge in [-0.2, -0.15) is 0 Å². The molecule has 446 valence electrons. The molecule has 0 aromatic carbocycles. The van der Waals surface area contributed by atoms with Gasteiger partial charge >= 0.3 is 17.9 Å². The molecule has 1 unspecified atom stereocenters. The lowest BCUT2D eigenvalue weighted by Crippen LogP contribution is -2.30. The van der Waals surface area contributed by atoms with Gasteiger partial charge in [0.2, 0.25) is 0 Å². The third-order valence-corrected chi connectivity index (χ3v) is 14.0. The van der Waals surface area contributed by atoms with E-state index in [0.29, 0.717) is 19.3 Å². The van der Waals surface area contributed by atoms with E-state index in [1.807, 2.05) is 0 Å². The van der Waals surface area contributed by atoms with Crippen LogP contribution in [-0.2, 0) is 28.6 Å². The molecule has 6 heteroatoms. The van der Waals surface area contributed by atoms with Crippen LogP contribution in [0.3, 0.4) is 0 Å². The van der Waals surface area contributed by atoms with Crippen molar-refractivity contribution in [2.45, 2.75) is 316 Å². The second-order valence-electron chi connectivity index (χ2n) is 21.6. The van der Waals surface area contributed by atoms with Crippen molar-refractivity contribution in [2.24, 2.45) is 0 Å². The quantitative estimate of drug-likeness (QED) is 0.0261. The summed E-state index contributed by atoms with van der Waals surface area (Å²) in [4.78, 5) is 38.3. The van der Waals surface area contributed by atoms with Crippen LogP contribution in [-0.4, -0.2) is 37.2 Å². The molecule has 0 radical (unpaired) electrons. The molecule has 0 heterocycles. The number of allylic oxidation sites excluding steroid dienone is 18. The molecule has 0 aliphatic carbocycles. The number of ether oxygens (including phenoxy) is 3. The van der Waals surface area contributed by atoms with Gasteiger partial charge in [0.05, 0.1) is 0 Å². The van der Waals surface area contributed by atoms with Crippen LogP contribution in [0.2, 0.25) is 0 Å². The van der Waals surface area contributed by atoms with E-state index in [1.165, 1.54) is 161 Å². The monoisotopic (exact) mass is 1080 g/mol. The molecule has 1 atom stereocenters. The Morgan fingerprint density at radius 3 is 0.821 bits per heavy atom. The van der Waals surface area contributed by atoms with Gasteiger partial charge in [-0.05, 0) is 122 Å². The van der Waals surface area contributed by atoms with Crippen molar-refractivity contribution >= 4 is 17.9 Å². The summed E-state index contributed by atoms with van der Waals surface area (Å²) < 4.78 is 16.9. The summed E-state index contributed by atoms with van der Waals surface area (Å²) >= 11 is 0. The van der Waals surface area contributed by atoms with E-state index in [0.717, 1.165) is 109 Å². The SMILES string of the molecule is CC/C=C\C/C=C\C/C=C\C/C=C\CCCCCCCCCCCCCCCCC(=O)OCC(COC(=O)CCCC/C=C\C/C=C\C/C=C\C/C=C\CC)OC(=O)CCCCCCCCC/C=C\CCCCCCCCC. The minimum absolute atomic E-state index is 0.0926. The average Bonchev–Trinajstić information content (AvgIpc) is 3.44. The summed E-state index contributed by atoms with van der Waals surface area (Å²) in [7, 11) is 0. The zero-order chi connectivity index (χ0) is 56.4. The molecule has 0 aromatic heterocycles. The molecule has 0 fully saturated rings. The summed E-state index contributed by atoms with van der Waals surface area (Å²) in [6.07, 6.45) is 89.6. The van der Waals surface area contributed by atoms with Gasteiger partial charge in [0, 0.05) is 19.3 Å². The first kappa shape index (κ1) is 74.1. The normalized spacial score (nSPS) is 12.8. The number of carbonyl (C=O) groups is 3. The van der Waals surface area contributed by atoms with Crippen LogP contribution >= 0.6 is 0 Å². The Bertz CT molecular complexity index is 1570. The summed E-state index contributed by atoms with van der Waals surface area (Å²) in [5.74, 6) is -0.931. The van der Waals surface area contributed by atoms with E-state index in [-0.39, 0.29) is 31.1 Å². The maximum absolute atomic E-state index is 12.9. The molecule has 0 amide bonds. The minimum Gasteiger partial charge on any atom is -0.462 e. The van der Waals surface area contributed by atoms with Crippen molar-refractivity contribution in [2.75, 3.05) is 13.2 Å². The highest BCUT2D eigenvalue weighted by Gasteiger charge is 2.19. The number of hydrogen-bond donors (Lipinski definition) is 0. The van der Waals surface area contributed by atoms with Crippen LogP contribution in [0.4, 0.5) is 0 Å². The summed E-state index contributed by atoms with van der Waals surface area (Å²) in [6, 6.07) is 0. The largest absolute Gasteiger partial charge is 0.462 e. The van der Waals surface area contributed by atoms with Gasteiger partial charge in [0.1, 0.15) is 13.2 Å². The number of esters is 3. The van der Waals surface area contributed by atoms with E-state index < -0.39 is 6.10 Å². The molecule has 0 aromatic rings. The first-order valence-corrected chi connectivity index (χ1v) is 32.9. The van der Waals surface area contributed by atoms with E-state index >= 15 is 0 Å². The number of rotatable bonds is 59. The van der Waals surface area contributed by atoms with Gasteiger partial charge in [-0.15, -0.1) is 0 Å². The van der Waals surface area contributed by atoms with Crippen molar-refractivity contribution < 1.29 is 28.6 Å². The predicted molar refractivity (Wildman–Crippen MR) is 339 cm³/mol. The first-order valence-electron chi connectivity index (χ1n) is 32.9. The third kappa shape index (κ3) is 62.9. The van der Waals surface area contributed by atoms with Crippen LogP contribution in [0.1, 0.15) is 310 Å². The molecule has 0 bridgehead atoms. The van der Waals surface area contributed by atoms with Crippen LogP contribution in [0.5, 0.6) is 0 Å². The fourth-order valence-electron chi connectivity index (χ4n) is 9.13. The zero-order valence-electron chi connectivity index (χ0n) is 51.2. The van der Waals surface area contributed by atoms with E-state index in [2.05, 4.69) is 130 Å². The van der Waals surface area contributed by atoms with Gasteiger partial charge in [-0.25, -0.2) is 0 Å². The van der Waals surface area contributed by atoms with Gasteiger partial charge in [-0.3, -0.25) is 14.4 Å². The molecule has 0 aliphatic rings. The van der Waals surface area contributed by atoms with Crippen LogP contribution in [0, 0.1) is 0 Å². The summed E-state index contributed by atoms with van der Waals surface area (Å²) in [6.45, 7) is 6.40. The van der Waals surface area contributed by atoms with Crippen LogP contribution < -0.4 is 0 Å². The maximum Gasteiger partial charge on any atom is 0.306 e. The summed E-state index contributed by atoms with van der Waals surface area (Å²) in [5, 5.41) is 0. The molecule has 0 saturated heterocycles. The Labute approximate surface area is 482 Å². The number of hydrogen-bond acceptors (Lipinski definition) is 6. The molecule has 78 heavy (non-hydrogen) atoms. The average molecular weight is 1080 g/mol. The Morgan fingerprint density at radius 2 is 0.500 bits per heavy atom. The highest BCUT2D eigenvalue weighted by Crippen LogP contribution is 2.16. The van der Waals surface area contributed by atoms with Gasteiger partial charge in [-0.1, -0.05) is 278 Å². The van der Waals surface area contributed by atoms with Gasteiger partial charge in [0.15, 0.2) is 6.10 Å². The van der Waals surface area contributed by atoms with Crippen LogP contribution in [0.15, 0.2) is 109 Å². The zero-order valence-corrected chi connectivity index (χ0v) is 51.2. The van der Waals surface area contributed by atoms with Crippen molar-refractivity contribution in [3.8, 4) is 0 Å². The Balaban J connectivity index is 4.34. The van der Waals surface area contributed by atoms with E-state index in [1.54, 1.807) is 0 Å². The second-order valence-corrected chi connectivity index (χ2v) is 21.6. The van der Waals surface area contributed by atoms with E-state index in [9.17, 15) is 14.4 Å². The molecule has 0 saturated carbocycles. The highest BCUT2D eigenvalue weighted by atomic mass is 16.6. The smallest absolute Gasteiger partial charge is 0.306 e. The highest BCUT2D eigenvalue weighted by molar-refractivity contribution is 5.71. The predicted octanol–water partition coefficient (Wildman–Crippen LogP) is 22.6. The van der Waals surface area contributed by atoms with Crippen molar-refractivity contribution in [1.82, 2.24) is 0 Å². The molecule has 0 aliphatic heterocycles. The molecule has 0 rings (SSSR count). The topological polar surface area (TPSA) is 78.9 Å².